The summed E-state index contributed by atoms with van der Waals surface area (Å²) in [6, 6.07) is 10.0. The highest BCUT2D eigenvalue weighted by atomic mass is 32.2. The quantitative estimate of drug-likeness (QED) is 0.566. The number of furan rings is 1. The van der Waals surface area contributed by atoms with Crippen LogP contribution in [0.1, 0.15) is 37.5 Å². The standard InChI is InChI=1S/C23H33N3O4S/c1-19-6-8-22(9-7-19)31(28,29)26(17-21-5-3-16-30-21)18-23(27)24-12-4-13-25-14-10-20(2)11-15-25/h3,5-9,16,20H,4,10-15,17-18H2,1-2H3,(H,24,27). The van der Waals surface area contributed by atoms with E-state index in [0.717, 1.165) is 41.8 Å². The summed E-state index contributed by atoms with van der Waals surface area (Å²) in [6.45, 7) is 7.64. The largest absolute Gasteiger partial charge is 0.468 e. The van der Waals surface area contributed by atoms with Gasteiger partial charge in [-0.1, -0.05) is 24.6 Å². The van der Waals surface area contributed by atoms with Crippen molar-refractivity contribution in [3.05, 3.63) is 54.0 Å². The van der Waals surface area contributed by atoms with Crippen molar-refractivity contribution in [3.63, 3.8) is 0 Å². The zero-order valence-corrected chi connectivity index (χ0v) is 19.2. The summed E-state index contributed by atoms with van der Waals surface area (Å²) < 4.78 is 32.8. The number of amides is 1. The van der Waals surface area contributed by atoms with Gasteiger partial charge in [0.1, 0.15) is 5.76 Å². The van der Waals surface area contributed by atoms with Gasteiger partial charge in [0, 0.05) is 6.54 Å². The average Bonchev–Trinajstić information content (AvgIpc) is 3.25. The molecule has 0 aliphatic carbocycles. The fourth-order valence-corrected chi connectivity index (χ4v) is 5.06. The third-order valence-corrected chi connectivity index (χ3v) is 7.55. The summed E-state index contributed by atoms with van der Waals surface area (Å²) in [6.07, 6.45) is 4.80. The van der Waals surface area contributed by atoms with Crippen LogP contribution in [0.5, 0.6) is 0 Å². The Kier molecular flexibility index (Phi) is 8.28. The minimum atomic E-state index is -3.84. The van der Waals surface area contributed by atoms with Gasteiger partial charge in [0.25, 0.3) is 0 Å². The fraction of sp³-hybridized carbons (Fsp3) is 0.522. The monoisotopic (exact) mass is 447 g/mol. The first-order valence-corrected chi connectivity index (χ1v) is 12.4. The van der Waals surface area contributed by atoms with Crippen LogP contribution in [0.2, 0.25) is 0 Å². The first-order chi connectivity index (χ1) is 14.8. The van der Waals surface area contributed by atoms with Gasteiger partial charge < -0.3 is 14.6 Å². The van der Waals surface area contributed by atoms with E-state index in [0.29, 0.717) is 12.3 Å². The number of sulfonamides is 1. The molecule has 2 heterocycles. The van der Waals surface area contributed by atoms with Crippen LogP contribution >= 0.6 is 0 Å². The van der Waals surface area contributed by atoms with Gasteiger partial charge in [-0.3, -0.25) is 4.79 Å². The second-order valence-corrected chi connectivity index (χ2v) is 10.3. The molecule has 0 atom stereocenters. The van der Waals surface area contributed by atoms with Crippen molar-refractivity contribution in [3.8, 4) is 0 Å². The van der Waals surface area contributed by atoms with Gasteiger partial charge in [-0.2, -0.15) is 4.31 Å². The molecule has 8 heteroatoms. The summed E-state index contributed by atoms with van der Waals surface area (Å²) in [7, 11) is -3.84. The number of aryl methyl sites for hydroxylation is 1. The number of carbonyl (C=O) groups is 1. The molecular weight excluding hydrogens is 414 g/mol. The topological polar surface area (TPSA) is 82.9 Å². The number of likely N-dealkylation sites (tertiary alicyclic amines) is 1. The number of rotatable bonds is 10. The Morgan fingerprint density at radius 1 is 1.19 bits per heavy atom. The van der Waals surface area contributed by atoms with Gasteiger partial charge in [-0.15, -0.1) is 0 Å². The van der Waals surface area contributed by atoms with Gasteiger partial charge in [0.15, 0.2) is 0 Å². The number of hydrogen-bond acceptors (Lipinski definition) is 5. The molecule has 0 saturated carbocycles. The van der Waals surface area contributed by atoms with Crippen LogP contribution in [0.15, 0.2) is 52.0 Å². The Bertz CT molecular complexity index is 918. The predicted octanol–water partition coefficient (Wildman–Crippen LogP) is 3.02. The molecule has 0 radical (unpaired) electrons. The van der Waals surface area contributed by atoms with E-state index < -0.39 is 10.0 Å². The van der Waals surface area contributed by atoms with Crippen LogP contribution < -0.4 is 5.32 Å². The predicted molar refractivity (Wildman–Crippen MR) is 120 cm³/mol. The molecular formula is C23H33N3O4S. The lowest BCUT2D eigenvalue weighted by molar-refractivity contribution is -0.121. The van der Waals surface area contributed by atoms with Crippen LogP contribution in [-0.4, -0.2) is 56.3 Å². The maximum absolute atomic E-state index is 13.2. The Labute approximate surface area is 185 Å². The van der Waals surface area contributed by atoms with E-state index in [9.17, 15) is 13.2 Å². The molecule has 2 aromatic rings. The molecule has 0 spiro atoms. The molecule has 0 bridgehead atoms. The van der Waals surface area contributed by atoms with Crippen molar-refractivity contribution in [2.24, 2.45) is 5.92 Å². The minimum absolute atomic E-state index is 0.00257. The maximum Gasteiger partial charge on any atom is 0.243 e. The molecule has 170 valence electrons. The van der Waals surface area contributed by atoms with Crippen LogP contribution in [0.4, 0.5) is 0 Å². The molecule has 1 aromatic carbocycles. The van der Waals surface area contributed by atoms with Gasteiger partial charge >= 0.3 is 0 Å². The smallest absolute Gasteiger partial charge is 0.243 e. The van der Waals surface area contributed by atoms with Gasteiger partial charge in [0.05, 0.1) is 24.2 Å². The molecule has 31 heavy (non-hydrogen) atoms. The summed E-state index contributed by atoms with van der Waals surface area (Å²) in [5.74, 6) is 0.976. The zero-order valence-electron chi connectivity index (χ0n) is 18.4. The summed E-state index contributed by atoms with van der Waals surface area (Å²) >= 11 is 0. The molecule has 1 aliphatic heterocycles. The van der Waals surface area contributed by atoms with Crippen LogP contribution in [0.3, 0.4) is 0 Å². The Balaban J connectivity index is 1.56. The molecule has 1 fully saturated rings. The number of carbonyl (C=O) groups excluding carboxylic acids is 1. The lowest BCUT2D eigenvalue weighted by Crippen LogP contribution is -2.41. The fourth-order valence-electron chi connectivity index (χ4n) is 3.69. The van der Waals surface area contributed by atoms with Crippen LogP contribution in [-0.2, 0) is 21.4 Å². The number of nitrogens with one attached hydrogen (secondary N) is 1. The molecule has 1 amide bonds. The number of nitrogens with zero attached hydrogens (tertiary/aromatic N) is 2. The maximum atomic E-state index is 13.2. The van der Waals surface area contributed by atoms with E-state index in [-0.39, 0.29) is 23.9 Å². The van der Waals surface area contributed by atoms with Crippen LogP contribution in [0, 0.1) is 12.8 Å². The van der Waals surface area contributed by atoms with E-state index in [1.165, 1.54) is 19.1 Å². The van der Waals surface area contributed by atoms with Gasteiger partial charge in [0.2, 0.25) is 15.9 Å². The molecule has 1 N–H and O–H groups in total. The summed E-state index contributed by atoms with van der Waals surface area (Å²) in [5.41, 5.74) is 0.970. The SMILES string of the molecule is Cc1ccc(S(=O)(=O)N(CC(=O)NCCCN2CCC(C)CC2)Cc2ccco2)cc1. The molecule has 3 rings (SSSR count). The van der Waals surface area contributed by atoms with Crippen molar-refractivity contribution in [2.45, 2.75) is 44.6 Å². The van der Waals surface area contributed by atoms with E-state index in [4.69, 9.17) is 4.42 Å². The lowest BCUT2D eigenvalue weighted by atomic mass is 9.99. The Morgan fingerprint density at radius 2 is 1.90 bits per heavy atom. The molecule has 0 unspecified atom stereocenters. The van der Waals surface area contributed by atoms with Gasteiger partial charge in [-0.05, 0) is 76.0 Å². The van der Waals surface area contributed by atoms with Crippen molar-refractivity contribution in [2.75, 3.05) is 32.7 Å². The lowest BCUT2D eigenvalue weighted by Gasteiger charge is -2.30. The second kappa shape index (κ2) is 10.9. The molecule has 7 nitrogen and oxygen atoms in total. The van der Waals surface area contributed by atoms with Crippen LogP contribution in [0.25, 0.3) is 0 Å². The number of hydrogen-bond donors (Lipinski definition) is 1. The van der Waals surface area contributed by atoms with Crippen molar-refractivity contribution >= 4 is 15.9 Å². The molecule has 1 aromatic heterocycles. The van der Waals surface area contributed by atoms with E-state index in [1.54, 1.807) is 36.4 Å². The summed E-state index contributed by atoms with van der Waals surface area (Å²) in [4.78, 5) is 15.1. The molecule has 1 aliphatic rings. The molecule has 1 saturated heterocycles. The third-order valence-electron chi connectivity index (χ3n) is 5.74. The number of piperidine rings is 1. The van der Waals surface area contributed by atoms with E-state index in [2.05, 4.69) is 17.1 Å². The van der Waals surface area contributed by atoms with Crippen molar-refractivity contribution < 1.29 is 17.6 Å². The highest BCUT2D eigenvalue weighted by Gasteiger charge is 2.27. The third kappa shape index (κ3) is 6.92. The van der Waals surface area contributed by atoms with Gasteiger partial charge in [-0.25, -0.2) is 8.42 Å². The normalized spacial score (nSPS) is 16.0. The van der Waals surface area contributed by atoms with E-state index >= 15 is 0 Å². The second-order valence-electron chi connectivity index (χ2n) is 8.39. The Hall–Kier alpha value is -2.16. The van der Waals surface area contributed by atoms with Crippen molar-refractivity contribution in [1.29, 1.82) is 0 Å². The van der Waals surface area contributed by atoms with E-state index in [1.807, 2.05) is 6.92 Å². The minimum Gasteiger partial charge on any atom is -0.468 e. The summed E-state index contributed by atoms with van der Waals surface area (Å²) in [5, 5.41) is 2.87. The highest BCUT2D eigenvalue weighted by Crippen LogP contribution is 2.19. The number of benzene rings is 1. The first-order valence-electron chi connectivity index (χ1n) is 10.9. The average molecular weight is 448 g/mol. The first kappa shape index (κ1) is 23.5. The highest BCUT2D eigenvalue weighted by molar-refractivity contribution is 7.89. The Morgan fingerprint density at radius 3 is 2.55 bits per heavy atom. The van der Waals surface area contributed by atoms with Crippen molar-refractivity contribution in [1.82, 2.24) is 14.5 Å². The zero-order chi connectivity index (χ0) is 22.3.